The van der Waals surface area contributed by atoms with E-state index in [0.717, 1.165) is 32.1 Å². The molecule has 0 spiro atoms. The van der Waals surface area contributed by atoms with E-state index in [-0.39, 0.29) is 0 Å². The van der Waals surface area contributed by atoms with Crippen molar-refractivity contribution in [3.05, 3.63) is 35.4 Å². The van der Waals surface area contributed by atoms with Crippen LogP contribution in [-0.2, 0) is 17.9 Å². The Labute approximate surface area is 129 Å². The van der Waals surface area contributed by atoms with E-state index in [4.69, 9.17) is 4.74 Å². The number of hydrogen-bond donors (Lipinski definition) is 2. The van der Waals surface area contributed by atoms with Crippen LogP contribution in [0.25, 0.3) is 0 Å². The first kappa shape index (κ1) is 17.5. The van der Waals surface area contributed by atoms with Crippen LogP contribution in [0.4, 0.5) is 0 Å². The normalized spacial score (nSPS) is 11.5. The summed E-state index contributed by atoms with van der Waals surface area (Å²) in [5, 5.41) is 6.64. The Morgan fingerprint density at radius 1 is 1.10 bits per heavy atom. The summed E-state index contributed by atoms with van der Waals surface area (Å²) >= 11 is 0. The highest BCUT2D eigenvalue weighted by Crippen LogP contribution is 2.11. The molecule has 0 radical (unpaired) electrons. The number of unbranched alkanes of at least 4 members (excludes halogenated alkanes) is 1. The minimum absolute atomic E-state index is 0.655. The van der Waals surface area contributed by atoms with Gasteiger partial charge in [0, 0.05) is 19.7 Å². The fourth-order valence-corrected chi connectivity index (χ4v) is 1.95. The van der Waals surface area contributed by atoms with E-state index >= 15 is 0 Å². The fraction of sp³-hybridized carbons (Fsp3) is 0.588. The van der Waals surface area contributed by atoms with Crippen LogP contribution < -0.4 is 10.6 Å². The van der Waals surface area contributed by atoms with Gasteiger partial charge in [-0.3, -0.25) is 0 Å². The van der Waals surface area contributed by atoms with Gasteiger partial charge in [0.15, 0.2) is 5.96 Å². The van der Waals surface area contributed by atoms with Crippen LogP contribution in [-0.4, -0.2) is 25.7 Å². The van der Waals surface area contributed by atoms with E-state index in [2.05, 4.69) is 47.7 Å². The summed E-state index contributed by atoms with van der Waals surface area (Å²) < 4.78 is 5.51. The maximum Gasteiger partial charge on any atom is 0.191 e. The molecule has 21 heavy (non-hydrogen) atoms. The zero-order chi connectivity index (χ0) is 15.3. The minimum atomic E-state index is 0.655. The van der Waals surface area contributed by atoms with Crippen molar-refractivity contribution in [3.63, 3.8) is 0 Å². The lowest BCUT2D eigenvalue weighted by atomic mass is 10.1. The molecule has 0 atom stereocenters. The molecule has 4 heteroatoms. The molecule has 0 unspecified atom stereocenters. The molecule has 0 aliphatic carbocycles. The van der Waals surface area contributed by atoms with Crippen LogP contribution in [0.1, 0.15) is 44.7 Å². The molecule has 4 nitrogen and oxygen atoms in total. The molecule has 0 heterocycles. The monoisotopic (exact) mass is 291 g/mol. The molecule has 1 rings (SSSR count). The number of nitrogens with zero attached hydrogens (tertiary/aromatic N) is 1. The van der Waals surface area contributed by atoms with E-state index in [0.29, 0.717) is 13.2 Å². The third kappa shape index (κ3) is 7.14. The number of rotatable bonds is 9. The number of benzene rings is 1. The van der Waals surface area contributed by atoms with Crippen molar-refractivity contribution in [1.82, 2.24) is 10.6 Å². The van der Waals surface area contributed by atoms with Crippen LogP contribution in [0.5, 0.6) is 0 Å². The molecule has 1 aromatic rings. The molecular weight excluding hydrogens is 262 g/mol. The van der Waals surface area contributed by atoms with Gasteiger partial charge in [0.05, 0.1) is 13.2 Å². The highest BCUT2D eigenvalue weighted by molar-refractivity contribution is 5.79. The summed E-state index contributed by atoms with van der Waals surface area (Å²) in [5.74, 6) is 0.886. The first-order chi connectivity index (χ1) is 10.3. The van der Waals surface area contributed by atoms with Gasteiger partial charge in [-0.2, -0.15) is 0 Å². The van der Waals surface area contributed by atoms with Crippen molar-refractivity contribution in [3.8, 4) is 0 Å². The predicted octanol–water partition coefficient (Wildman–Crippen LogP) is 3.08. The van der Waals surface area contributed by atoms with Crippen LogP contribution in [0.2, 0.25) is 0 Å². The number of nitrogens with one attached hydrogen (secondary N) is 2. The molecule has 118 valence electrons. The Morgan fingerprint density at radius 3 is 2.52 bits per heavy atom. The molecular formula is C17H29N3O. The smallest absolute Gasteiger partial charge is 0.191 e. The summed E-state index contributed by atoms with van der Waals surface area (Å²) in [6.07, 6.45) is 2.34. The van der Waals surface area contributed by atoms with Gasteiger partial charge in [-0.1, -0.05) is 37.6 Å². The Balaban J connectivity index is 2.65. The second kappa shape index (κ2) is 11.1. The summed E-state index contributed by atoms with van der Waals surface area (Å²) in [4.78, 5) is 4.66. The van der Waals surface area contributed by atoms with Crippen molar-refractivity contribution < 1.29 is 4.74 Å². The number of aliphatic imine (C=N–C) groups is 1. The highest BCUT2D eigenvalue weighted by Gasteiger charge is 2.02. The lowest BCUT2D eigenvalue weighted by Crippen LogP contribution is -2.37. The van der Waals surface area contributed by atoms with E-state index < -0.39 is 0 Å². The Morgan fingerprint density at radius 2 is 1.86 bits per heavy atom. The molecule has 0 saturated carbocycles. The molecule has 0 amide bonds. The minimum Gasteiger partial charge on any atom is -0.377 e. The maximum atomic E-state index is 5.51. The van der Waals surface area contributed by atoms with Gasteiger partial charge in [-0.05, 0) is 31.4 Å². The molecule has 0 aliphatic heterocycles. The van der Waals surface area contributed by atoms with Crippen molar-refractivity contribution in [1.29, 1.82) is 0 Å². The van der Waals surface area contributed by atoms with Gasteiger partial charge in [0.2, 0.25) is 0 Å². The zero-order valence-electron chi connectivity index (χ0n) is 13.6. The van der Waals surface area contributed by atoms with E-state index in [1.54, 1.807) is 0 Å². The largest absolute Gasteiger partial charge is 0.377 e. The molecule has 1 aromatic carbocycles. The van der Waals surface area contributed by atoms with Crippen molar-refractivity contribution in [2.75, 3.05) is 19.7 Å². The SMILES string of the molecule is CCCCNC(=NCc1ccccc1COCC)NCC. The summed E-state index contributed by atoms with van der Waals surface area (Å²) in [6, 6.07) is 8.33. The molecule has 0 bridgehead atoms. The number of ether oxygens (including phenoxy) is 1. The van der Waals surface area contributed by atoms with Crippen LogP contribution >= 0.6 is 0 Å². The number of guanidine groups is 1. The Hall–Kier alpha value is -1.55. The summed E-state index contributed by atoms with van der Waals surface area (Å²) in [5.41, 5.74) is 2.44. The third-order valence-electron chi connectivity index (χ3n) is 3.15. The van der Waals surface area contributed by atoms with E-state index in [1.807, 2.05) is 13.0 Å². The Bertz CT molecular complexity index is 418. The van der Waals surface area contributed by atoms with Gasteiger partial charge in [0.25, 0.3) is 0 Å². The van der Waals surface area contributed by atoms with Crippen LogP contribution in [0.3, 0.4) is 0 Å². The standard InChI is InChI=1S/C17H29N3O/c1-4-7-12-19-17(18-5-2)20-13-15-10-8-9-11-16(15)14-21-6-3/h8-11H,4-7,12-14H2,1-3H3,(H2,18,19,20). The van der Waals surface area contributed by atoms with Gasteiger partial charge in [-0.15, -0.1) is 0 Å². The molecule has 0 saturated heterocycles. The maximum absolute atomic E-state index is 5.51. The molecule has 2 N–H and O–H groups in total. The zero-order valence-corrected chi connectivity index (χ0v) is 13.6. The van der Waals surface area contributed by atoms with Crippen LogP contribution in [0, 0.1) is 0 Å². The summed E-state index contributed by atoms with van der Waals surface area (Å²) in [6.45, 7) is 10.2. The summed E-state index contributed by atoms with van der Waals surface area (Å²) in [7, 11) is 0. The first-order valence-corrected chi connectivity index (χ1v) is 7.98. The fourth-order valence-electron chi connectivity index (χ4n) is 1.95. The lowest BCUT2D eigenvalue weighted by Gasteiger charge is -2.12. The van der Waals surface area contributed by atoms with Crippen molar-refractivity contribution >= 4 is 5.96 Å². The average molecular weight is 291 g/mol. The second-order valence-corrected chi connectivity index (χ2v) is 4.88. The number of hydrogen-bond acceptors (Lipinski definition) is 2. The molecule has 0 fully saturated rings. The van der Waals surface area contributed by atoms with E-state index in [1.165, 1.54) is 17.5 Å². The Kier molecular flexibility index (Phi) is 9.29. The van der Waals surface area contributed by atoms with Gasteiger partial charge in [0.1, 0.15) is 0 Å². The predicted molar refractivity (Wildman–Crippen MR) is 89.5 cm³/mol. The van der Waals surface area contributed by atoms with Crippen molar-refractivity contribution in [2.45, 2.75) is 46.8 Å². The lowest BCUT2D eigenvalue weighted by molar-refractivity contribution is 0.133. The topological polar surface area (TPSA) is 45.7 Å². The van der Waals surface area contributed by atoms with Gasteiger partial charge >= 0.3 is 0 Å². The highest BCUT2D eigenvalue weighted by atomic mass is 16.5. The quantitative estimate of drug-likeness (QED) is 0.417. The van der Waals surface area contributed by atoms with Crippen LogP contribution in [0.15, 0.2) is 29.3 Å². The second-order valence-electron chi connectivity index (χ2n) is 4.88. The molecule has 0 aromatic heterocycles. The molecule has 0 aliphatic rings. The third-order valence-corrected chi connectivity index (χ3v) is 3.15. The first-order valence-electron chi connectivity index (χ1n) is 7.98. The van der Waals surface area contributed by atoms with Crippen molar-refractivity contribution in [2.24, 2.45) is 4.99 Å². The van der Waals surface area contributed by atoms with E-state index in [9.17, 15) is 0 Å². The van der Waals surface area contributed by atoms with Gasteiger partial charge < -0.3 is 15.4 Å². The average Bonchev–Trinajstić information content (AvgIpc) is 2.51. The van der Waals surface area contributed by atoms with Gasteiger partial charge in [-0.25, -0.2) is 4.99 Å².